The molecule has 8 nitrogen and oxygen atoms in total. The molecular weight excluding hydrogens is 406 g/mol. The summed E-state index contributed by atoms with van der Waals surface area (Å²) in [6.45, 7) is 4.07. The second kappa shape index (κ2) is 10.7. The quantitative estimate of drug-likeness (QED) is 0.474. The summed E-state index contributed by atoms with van der Waals surface area (Å²) in [5.74, 6) is 1.40. The van der Waals surface area contributed by atoms with Gasteiger partial charge in [0, 0.05) is 24.8 Å². The maximum atomic E-state index is 12.6. The molecule has 1 aromatic heterocycles. The first-order chi connectivity index (χ1) is 15.7. The number of hydrogen-bond acceptors (Lipinski definition) is 5. The number of likely N-dealkylation sites (tertiary alicyclic amines) is 1. The van der Waals surface area contributed by atoms with Gasteiger partial charge in [0.2, 0.25) is 0 Å². The van der Waals surface area contributed by atoms with Crippen LogP contribution in [0.4, 0.5) is 10.5 Å². The van der Waals surface area contributed by atoms with E-state index in [-0.39, 0.29) is 6.03 Å². The highest BCUT2D eigenvalue weighted by atomic mass is 16.5. The van der Waals surface area contributed by atoms with Crippen LogP contribution in [0.15, 0.2) is 54.9 Å². The van der Waals surface area contributed by atoms with Gasteiger partial charge in [-0.05, 0) is 61.3 Å². The number of carbonyl (C=O) groups excluding carboxylic acids is 1. The number of ether oxygens (including phenoxy) is 2. The monoisotopic (exact) mass is 435 g/mol. The predicted octanol–water partition coefficient (Wildman–Crippen LogP) is 3.88. The Balaban J connectivity index is 1.41. The van der Waals surface area contributed by atoms with Gasteiger partial charge in [-0.25, -0.2) is 4.79 Å². The first kappa shape index (κ1) is 21.7. The molecule has 0 aliphatic carbocycles. The van der Waals surface area contributed by atoms with Gasteiger partial charge >= 0.3 is 6.03 Å². The molecule has 0 saturated carbocycles. The van der Waals surface area contributed by atoms with Crippen molar-refractivity contribution in [1.29, 1.82) is 0 Å². The number of nitrogens with zero attached hydrogens (tertiary/aromatic N) is 2. The number of H-pyrrole nitrogens is 1. The lowest BCUT2D eigenvalue weighted by Crippen LogP contribution is -2.29. The summed E-state index contributed by atoms with van der Waals surface area (Å²) in [5, 5.41) is 12.6. The van der Waals surface area contributed by atoms with E-state index in [4.69, 9.17) is 9.47 Å². The summed E-state index contributed by atoms with van der Waals surface area (Å²) >= 11 is 0. The fourth-order valence-electron chi connectivity index (χ4n) is 3.76. The van der Waals surface area contributed by atoms with E-state index in [1.54, 1.807) is 13.3 Å². The van der Waals surface area contributed by atoms with E-state index in [1.807, 2.05) is 48.7 Å². The zero-order valence-electron chi connectivity index (χ0n) is 18.3. The molecule has 0 unspecified atom stereocenters. The van der Waals surface area contributed by atoms with Crippen molar-refractivity contribution < 1.29 is 14.3 Å². The van der Waals surface area contributed by atoms with Crippen LogP contribution in [0, 0.1) is 0 Å². The molecule has 1 fully saturated rings. The number of carbonyl (C=O) groups is 1. The van der Waals surface area contributed by atoms with E-state index in [0.29, 0.717) is 24.6 Å². The summed E-state index contributed by atoms with van der Waals surface area (Å²) in [7, 11) is 1.62. The third-order valence-corrected chi connectivity index (χ3v) is 5.51. The minimum absolute atomic E-state index is 0.298. The predicted molar refractivity (Wildman–Crippen MR) is 124 cm³/mol. The van der Waals surface area contributed by atoms with Crippen LogP contribution in [0.25, 0.3) is 11.1 Å². The molecule has 3 aromatic rings. The van der Waals surface area contributed by atoms with Crippen molar-refractivity contribution in [3.8, 4) is 22.6 Å². The molecule has 0 spiro atoms. The molecule has 2 aromatic carbocycles. The van der Waals surface area contributed by atoms with Crippen LogP contribution in [0.5, 0.6) is 11.5 Å². The van der Waals surface area contributed by atoms with E-state index in [0.717, 1.165) is 42.1 Å². The molecule has 0 bridgehead atoms. The molecule has 0 radical (unpaired) electrons. The first-order valence-electron chi connectivity index (χ1n) is 10.9. The molecule has 4 rings (SSSR count). The molecular formula is C24H29N5O3. The highest BCUT2D eigenvalue weighted by Gasteiger charge is 2.14. The second-order valence-corrected chi connectivity index (χ2v) is 7.75. The zero-order chi connectivity index (χ0) is 22.2. The van der Waals surface area contributed by atoms with Crippen LogP contribution in [0.1, 0.15) is 18.4 Å². The van der Waals surface area contributed by atoms with E-state index < -0.39 is 0 Å². The van der Waals surface area contributed by atoms with E-state index >= 15 is 0 Å². The van der Waals surface area contributed by atoms with Gasteiger partial charge in [-0.1, -0.05) is 18.2 Å². The van der Waals surface area contributed by atoms with E-state index in [2.05, 4.69) is 25.7 Å². The van der Waals surface area contributed by atoms with Crippen molar-refractivity contribution in [3.63, 3.8) is 0 Å². The van der Waals surface area contributed by atoms with Crippen molar-refractivity contribution in [1.82, 2.24) is 20.4 Å². The molecule has 1 aliphatic heterocycles. The molecule has 32 heavy (non-hydrogen) atoms. The van der Waals surface area contributed by atoms with Gasteiger partial charge in [-0.15, -0.1) is 0 Å². The summed E-state index contributed by atoms with van der Waals surface area (Å²) in [6.07, 6.45) is 6.08. The lowest BCUT2D eigenvalue weighted by Gasteiger charge is -2.18. The van der Waals surface area contributed by atoms with Crippen molar-refractivity contribution in [2.45, 2.75) is 19.4 Å². The third-order valence-electron chi connectivity index (χ3n) is 5.51. The number of urea groups is 1. The number of nitrogens with one attached hydrogen (secondary N) is 3. The normalized spacial score (nSPS) is 13.7. The van der Waals surface area contributed by atoms with Gasteiger partial charge in [0.1, 0.15) is 18.1 Å². The highest BCUT2D eigenvalue weighted by Crippen LogP contribution is 2.31. The fraction of sp³-hybridized carbons (Fsp3) is 0.333. The van der Waals surface area contributed by atoms with Crippen molar-refractivity contribution in [2.75, 3.05) is 38.7 Å². The Bertz CT molecular complexity index is 1020. The number of methoxy groups -OCH3 is 1. The van der Waals surface area contributed by atoms with Crippen molar-refractivity contribution >= 4 is 11.7 Å². The third kappa shape index (κ3) is 5.79. The fourth-order valence-corrected chi connectivity index (χ4v) is 3.76. The van der Waals surface area contributed by atoms with Gasteiger partial charge in [-0.2, -0.15) is 5.10 Å². The van der Waals surface area contributed by atoms with Crippen LogP contribution in [-0.4, -0.2) is 54.5 Å². The molecule has 1 aliphatic rings. The van der Waals surface area contributed by atoms with Gasteiger partial charge in [-0.3, -0.25) is 10.00 Å². The molecule has 1 saturated heterocycles. The summed E-state index contributed by atoms with van der Waals surface area (Å²) in [5.41, 5.74) is 3.51. The van der Waals surface area contributed by atoms with Crippen molar-refractivity contribution in [3.05, 3.63) is 60.4 Å². The Morgan fingerprint density at radius 2 is 2.03 bits per heavy atom. The Kier molecular flexibility index (Phi) is 7.24. The average molecular weight is 436 g/mol. The smallest absolute Gasteiger partial charge is 0.319 e. The van der Waals surface area contributed by atoms with Crippen LogP contribution in [0.2, 0.25) is 0 Å². The largest absolute Gasteiger partial charge is 0.497 e. The Hall–Kier alpha value is -3.52. The van der Waals surface area contributed by atoms with Gasteiger partial charge in [0.05, 0.1) is 19.0 Å². The van der Waals surface area contributed by atoms with Crippen LogP contribution < -0.4 is 20.1 Å². The molecule has 3 N–H and O–H groups in total. The minimum atomic E-state index is -0.298. The standard InChI is InChI=1S/C24H29N5O3/c1-31-21-6-4-5-18(13-21)15-25-24(30)28-22-8-7-19(20-16-26-27-17-20)14-23(22)32-12-11-29-9-2-3-10-29/h4-8,13-14,16-17H,2-3,9-12,15H2,1H3,(H,26,27)(H2,25,28,30). The summed E-state index contributed by atoms with van der Waals surface area (Å²) in [4.78, 5) is 15.0. The molecule has 8 heteroatoms. The molecule has 0 atom stereocenters. The Labute approximate surface area is 187 Å². The summed E-state index contributed by atoms with van der Waals surface area (Å²) in [6, 6.07) is 13.0. The zero-order valence-corrected chi connectivity index (χ0v) is 18.3. The lowest BCUT2D eigenvalue weighted by molar-refractivity contribution is 0.238. The minimum Gasteiger partial charge on any atom is -0.497 e. The van der Waals surface area contributed by atoms with Gasteiger partial charge < -0.3 is 20.1 Å². The molecule has 168 valence electrons. The van der Waals surface area contributed by atoms with Crippen molar-refractivity contribution in [2.24, 2.45) is 0 Å². The van der Waals surface area contributed by atoms with E-state index in [1.165, 1.54) is 12.8 Å². The summed E-state index contributed by atoms with van der Waals surface area (Å²) < 4.78 is 11.3. The van der Waals surface area contributed by atoms with Gasteiger partial charge in [0.15, 0.2) is 0 Å². The molecule has 2 heterocycles. The lowest BCUT2D eigenvalue weighted by atomic mass is 10.1. The molecule has 2 amide bonds. The van der Waals surface area contributed by atoms with Gasteiger partial charge in [0.25, 0.3) is 0 Å². The van der Waals surface area contributed by atoms with Crippen LogP contribution >= 0.6 is 0 Å². The first-order valence-corrected chi connectivity index (χ1v) is 10.9. The number of hydrogen-bond donors (Lipinski definition) is 3. The second-order valence-electron chi connectivity index (χ2n) is 7.75. The maximum Gasteiger partial charge on any atom is 0.319 e. The highest BCUT2D eigenvalue weighted by molar-refractivity contribution is 5.91. The number of rotatable bonds is 9. The van der Waals surface area contributed by atoms with Crippen LogP contribution in [0.3, 0.4) is 0 Å². The number of anilines is 1. The SMILES string of the molecule is COc1cccc(CNC(=O)Nc2ccc(-c3cn[nH]c3)cc2OCCN2CCCC2)c1. The number of aromatic nitrogens is 2. The topological polar surface area (TPSA) is 91.5 Å². The number of benzene rings is 2. The average Bonchev–Trinajstić information content (AvgIpc) is 3.53. The Morgan fingerprint density at radius 3 is 2.81 bits per heavy atom. The maximum absolute atomic E-state index is 12.6. The van der Waals surface area contributed by atoms with E-state index in [9.17, 15) is 4.79 Å². The number of amides is 2. The van der Waals surface area contributed by atoms with Crippen LogP contribution in [-0.2, 0) is 6.54 Å². The number of aromatic amines is 1. The Morgan fingerprint density at radius 1 is 1.16 bits per heavy atom.